The van der Waals surface area contributed by atoms with Crippen molar-refractivity contribution in [2.24, 2.45) is 0 Å². The summed E-state index contributed by atoms with van der Waals surface area (Å²) in [6, 6.07) is 20.2. The maximum absolute atomic E-state index is 13.4. The quantitative estimate of drug-likeness (QED) is 0.658. The van der Waals surface area contributed by atoms with Crippen molar-refractivity contribution in [1.29, 1.82) is 0 Å². The number of hydrogen-bond acceptors (Lipinski definition) is 5. The number of rotatable bonds is 5. The van der Waals surface area contributed by atoms with Gasteiger partial charge in [0.05, 0.1) is 24.2 Å². The van der Waals surface area contributed by atoms with Crippen LogP contribution < -0.4 is 19.1 Å². The number of methoxy groups -OCH3 is 1. The highest BCUT2D eigenvalue weighted by Gasteiger charge is 2.37. The molecule has 0 saturated heterocycles. The van der Waals surface area contributed by atoms with Crippen LogP contribution in [0, 0.1) is 6.92 Å². The summed E-state index contributed by atoms with van der Waals surface area (Å²) in [5, 5.41) is 2.79. The largest absolute Gasteiger partial charge is 0.497 e. The van der Waals surface area contributed by atoms with Gasteiger partial charge in [0.2, 0.25) is 0 Å². The lowest BCUT2D eigenvalue weighted by molar-refractivity contribution is -0.122. The molecule has 0 bridgehead atoms. The lowest BCUT2D eigenvalue weighted by atomic mass is 10.2. The Morgan fingerprint density at radius 1 is 1.03 bits per heavy atom. The molecule has 160 valence electrons. The van der Waals surface area contributed by atoms with Crippen molar-refractivity contribution in [2.75, 3.05) is 23.3 Å². The van der Waals surface area contributed by atoms with Crippen molar-refractivity contribution in [3.05, 3.63) is 78.4 Å². The molecule has 0 unspecified atom stereocenters. The Kier molecular flexibility index (Phi) is 5.56. The summed E-state index contributed by atoms with van der Waals surface area (Å²) in [6.45, 7) is 1.80. The Balaban J connectivity index is 1.65. The van der Waals surface area contributed by atoms with Crippen molar-refractivity contribution in [3.63, 3.8) is 0 Å². The highest BCUT2D eigenvalue weighted by molar-refractivity contribution is 7.92. The van der Waals surface area contributed by atoms with Crippen molar-refractivity contribution < 1.29 is 22.7 Å². The van der Waals surface area contributed by atoms with E-state index in [0.29, 0.717) is 22.9 Å². The Morgan fingerprint density at radius 3 is 2.39 bits per heavy atom. The van der Waals surface area contributed by atoms with E-state index in [2.05, 4.69) is 5.32 Å². The summed E-state index contributed by atoms with van der Waals surface area (Å²) >= 11 is 0. The summed E-state index contributed by atoms with van der Waals surface area (Å²) in [7, 11) is -2.41. The van der Waals surface area contributed by atoms with E-state index >= 15 is 0 Å². The minimum Gasteiger partial charge on any atom is -0.497 e. The molecule has 0 aromatic heterocycles. The number of ether oxygens (including phenoxy) is 2. The zero-order valence-electron chi connectivity index (χ0n) is 17.1. The van der Waals surface area contributed by atoms with Crippen LogP contribution in [0.5, 0.6) is 11.5 Å². The van der Waals surface area contributed by atoms with Crippen molar-refractivity contribution in [1.82, 2.24) is 0 Å². The molecule has 0 spiro atoms. The topological polar surface area (TPSA) is 84.9 Å². The van der Waals surface area contributed by atoms with Crippen molar-refractivity contribution in [2.45, 2.75) is 17.9 Å². The predicted molar refractivity (Wildman–Crippen MR) is 118 cm³/mol. The first kappa shape index (κ1) is 20.7. The molecule has 1 heterocycles. The fraction of sp³-hybridized carbons (Fsp3) is 0.174. The lowest BCUT2D eigenvalue weighted by Crippen LogP contribution is -2.48. The molecular weight excluding hydrogens is 416 g/mol. The van der Waals surface area contributed by atoms with E-state index in [4.69, 9.17) is 9.47 Å². The van der Waals surface area contributed by atoms with Gasteiger partial charge in [-0.05, 0) is 55.5 Å². The van der Waals surface area contributed by atoms with E-state index in [1.807, 2.05) is 19.1 Å². The third-order valence-corrected chi connectivity index (χ3v) is 6.79. The van der Waals surface area contributed by atoms with Crippen LogP contribution in [0.15, 0.2) is 77.7 Å². The molecule has 0 aliphatic carbocycles. The van der Waals surface area contributed by atoms with Crippen molar-refractivity contribution >= 4 is 27.3 Å². The normalized spacial score (nSPS) is 15.5. The van der Waals surface area contributed by atoms with E-state index in [9.17, 15) is 13.2 Å². The molecule has 3 aromatic carbocycles. The number of carbonyl (C=O) groups is 1. The molecule has 3 aromatic rings. The van der Waals surface area contributed by atoms with Gasteiger partial charge in [-0.3, -0.25) is 9.10 Å². The fourth-order valence-electron chi connectivity index (χ4n) is 3.30. The summed E-state index contributed by atoms with van der Waals surface area (Å²) < 4.78 is 39.0. The Hall–Kier alpha value is -3.52. The summed E-state index contributed by atoms with van der Waals surface area (Å²) in [5.74, 6) is 0.458. The van der Waals surface area contributed by atoms with Crippen LogP contribution in [-0.4, -0.2) is 34.1 Å². The van der Waals surface area contributed by atoms with E-state index in [1.165, 1.54) is 23.5 Å². The third-order valence-electron chi connectivity index (χ3n) is 4.99. The Morgan fingerprint density at radius 2 is 1.71 bits per heavy atom. The van der Waals surface area contributed by atoms with Crippen LogP contribution >= 0.6 is 0 Å². The molecule has 1 aliphatic heterocycles. The molecule has 1 atom stereocenters. The van der Waals surface area contributed by atoms with Gasteiger partial charge in [0, 0.05) is 5.69 Å². The van der Waals surface area contributed by atoms with Crippen LogP contribution in [0.3, 0.4) is 0 Å². The first-order valence-corrected chi connectivity index (χ1v) is 11.1. The number of carbonyl (C=O) groups excluding carboxylic acids is 1. The number of amides is 1. The van der Waals surface area contributed by atoms with Crippen LogP contribution in [0.4, 0.5) is 11.4 Å². The summed E-state index contributed by atoms with van der Waals surface area (Å²) in [6.07, 6.45) is -1.01. The van der Waals surface area contributed by atoms with Gasteiger partial charge in [0.1, 0.15) is 11.5 Å². The lowest BCUT2D eigenvalue weighted by Gasteiger charge is -2.34. The third kappa shape index (κ3) is 4.20. The van der Waals surface area contributed by atoms with Crippen LogP contribution in [0.2, 0.25) is 0 Å². The number of sulfonamides is 1. The number of para-hydroxylation sites is 2. The van der Waals surface area contributed by atoms with E-state index in [-0.39, 0.29) is 11.4 Å². The van der Waals surface area contributed by atoms with Crippen LogP contribution in [0.25, 0.3) is 0 Å². The second kappa shape index (κ2) is 8.31. The number of nitrogens with one attached hydrogen (secondary N) is 1. The molecule has 1 N–H and O–H groups in total. The summed E-state index contributed by atoms with van der Waals surface area (Å²) in [4.78, 5) is 13.0. The van der Waals surface area contributed by atoms with E-state index < -0.39 is 22.0 Å². The number of anilines is 2. The SMILES string of the molecule is COc1ccc(S(=O)(=O)N2C[C@@H](C(=O)Nc3ccc(C)cc3)Oc3ccccc32)cc1. The number of benzene rings is 3. The Bertz CT molecular complexity index is 1190. The molecule has 0 saturated carbocycles. The first-order valence-electron chi connectivity index (χ1n) is 9.68. The molecule has 31 heavy (non-hydrogen) atoms. The average Bonchev–Trinajstić information content (AvgIpc) is 2.79. The molecular formula is C23H22N2O5S. The number of aryl methyl sites for hydroxylation is 1. The smallest absolute Gasteiger partial charge is 0.267 e. The van der Waals surface area contributed by atoms with E-state index in [1.54, 1.807) is 48.5 Å². The fourth-order valence-corrected chi connectivity index (χ4v) is 4.78. The van der Waals surface area contributed by atoms with Gasteiger partial charge < -0.3 is 14.8 Å². The van der Waals surface area contributed by atoms with E-state index in [0.717, 1.165) is 5.56 Å². The first-order chi connectivity index (χ1) is 14.9. The second-order valence-corrected chi connectivity index (χ2v) is 9.00. The van der Waals surface area contributed by atoms with Crippen molar-refractivity contribution in [3.8, 4) is 11.5 Å². The molecule has 0 radical (unpaired) electrons. The van der Waals surface area contributed by atoms with Gasteiger partial charge in [0.15, 0.2) is 6.10 Å². The highest BCUT2D eigenvalue weighted by atomic mass is 32.2. The molecule has 0 fully saturated rings. The highest BCUT2D eigenvalue weighted by Crippen LogP contribution is 2.37. The summed E-state index contributed by atoms with van der Waals surface area (Å²) in [5.41, 5.74) is 2.07. The Labute approximate surface area is 181 Å². The zero-order chi connectivity index (χ0) is 22.0. The monoisotopic (exact) mass is 438 g/mol. The zero-order valence-corrected chi connectivity index (χ0v) is 17.9. The molecule has 1 amide bonds. The molecule has 8 heteroatoms. The number of nitrogens with zero attached hydrogens (tertiary/aromatic N) is 1. The minimum absolute atomic E-state index is 0.0997. The van der Waals surface area contributed by atoms with Gasteiger partial charge in [-0.15, -0.1) is 0 Å². The molecule has 7 nitrogen and oxygen atoms in total. The van der Waals surface area contributed by atoms with Gasteiger partial charge in [-0.1, -0.05) is 29.8 Å². The van der Waals surface area contributed by atoms with Gasteiger partial charge in [-0.25, -0.2) is 8.42 Å². The molecule has 1 aliphatic rings. The predicted octanol–water partition coefficient (Wildman–Crippen LogP) is 3.60. The average molecular weight is 439 g/mol. The standard InChI is InChI=1S/C23H22N2O5S/c1-16-7-9-17(10-8-16)24-23(26)22-15-25(20-5-3-4-6-21(20)30-22)31(27,28)19-13-11-18(29-2)12-14-19/h3-14,22H,15H2,1-2H3,(H,24,26)/t22-/m0/s1. The van der Waals surface area contributed by atoms with Gasteiger partial charge >= 0.3 is 0 Å². The second-order valence-electron chi connectivity index (χ2n) is 7.14. The minimum atomic E-state index is -3.93. The molecule has 4 rings (SSSR count). The maximum atomic E-state index is 13.4. The van der Waals surface area contributed by atoms with Gasteiger partial charge in [-0.2, -0.15) is 0 Å². The van der Waals surface area contributed by atoms with Crippen LogP contribution in [-0.2, 0) is 14.8 Å². The van der Waals surface area contributed by atoms with Gasteiger partial charge in [0.25, 0.3) is 15.9 Å². The number of hydrogen-bond donors (Lipinski definition) is 1. The number of fused-ring (bicyclic) bond motifs is 1. The maximum Gasteiger partial charge on any atom is 0.267 e. The van der Waals surface area contributed by atoms with Crippen LogP contribution in [0.1, 0.15) is 5.56 Å².